The highest BCUT2D eigenvalue weighted by Gasteiger charge is 2.20. The molecule has 7 nitrogen and oxygen atoms in total. The van der Waals surface area contributed by atoms with Gasteiger partial charge in [-0.05, 0) is 37.1 Å². The first-order valence-corrected chi connectivity index (χ1v) is 10.2. The second-order valence-electron chi connectivity index (χ2n) is 7.58. The predicted octanol–water partition coefficient (Wildman–Crippen LogP) is 2.40. The Balaban J connectivity index is 1.61. The molecule has 4 rings (SSSR count). The largest absolute Gasteiger partial charge is 0.367 e. The SMILES string of the molecule is NC(=O)c1ccc(-c2ccnc(NC3CCCCC3)c2)nc1N1CCNCC1. The summed E-state index contributed by atoms with van der Waals surface area (Å²) in [5.74, 6) is 1.11. The molecule has 148 valence electrons. The zero-order chi connectivity index (χ0) is 19.3. The summed E-state index contributed by atoms with van der Waals surface area (Å²) in [6.07, 6.45) is 8.10. The second kappa shape index (κ2) is 8.56. The molecule has 1 amide bonds. The maximum Gasteiger partial charge on any atom is 0.252 e. The molecule has 0 radical (unpaired) electrons. The maximum atomic E-state index is 11.9. The molecule has 0 unspecified atom stereocenters. The number of hydrogen-bond acceptors (Lipinski definition) is 6. The number of rotatable bonds is 5. The van der Waals surface area contributed by atoms with E-state index in [0.29, 0.717) is 17.4 Å². The standard InChI is InChI=1S/C21H28N6O/c22-20(28)17-6-7-18(26-21(17)27-12-10-23-11-13-27)15-8-9-24-19(14-15)25-16-4-2-1-3-5-16/h6-9,14,16,23H,1-5,10-13H2,(H2,22,28)(H,24,25). The van der Waals surface area contributed by atoms with Crippen LogP contribution >= 0.6 is 0 Å². The molecule has 0 bridgehead atoms. The summed E-state index contributed by atoms with van der Waals surface area (Å²) in [7, 11) is 0. The van der Waals surface area contributed by atoms with Gasteiger partial charge in [-0.2, -0.15) is 0 Å². The van der Waals surface area contributed by atoms with Gasteiger partial charge in [0.1, 0.15) is 11.6 Å². The molecule has 1 saturated heterocycles. The first-order valence-electron chi connectivity index (χ1n) is 10.2. The highest BCUT2D eigenvalue weighted by molar-refractivity contribution is 5.98. The molecule has 1 saturated carbocycles. The Morgan fingerprint density at radius 3 is 2.68 bits per heavy atom. The van der Waals surface area contributed by atoms with E-state index in [1.807, 2.05) is 24.4 Å². The van der Waals surface area contributed by atoms with Crippen LogP contribution in [-0.4, -0.2) is 48.1 Å². The van der Waals surface area contributed by atoms with Crippen molar-refractivity contribution in [2.75, 3.05) is 36.4 Å². The quantitative estimate of drug-likeness (QED) is 0.737. The Morgan fingerprint density at radius 2 is 1.93 bits per heavy atom. The third-order valence-electron chi connectivity index (χ3n) is 5.57. The molecule has 2 aromatic rings. The number of nitrogens with one attached hydrogen (secondary N) is 2. The number of hydrogen-bond donors (Lipinski definition) is 3. The van der Waals surface area contributed by atoms with Crippen LogP contribution in [0.2, 0.25) is 0 Å². The molecular formula is C21H28N6O. The van der Waals surface area contributed by atoms with E-state index in [1.54, 1.807) is 6.07 Å². The smallest absolute Gasteiger partial charge is 0.252 e. The molecule has 4 N–H and O–H groups in total. The molecule has 3 heterocycles. The molecule has 0 atom stereocenters. The maximum absolute atomic E-state index is 11.9. The zero-order valence-corrected chi connectivity index (χ0v) is 16.2. The van der Waals surface area contributed by atoms with Crippen molar-refractivity contribution in [3.63, 3.8) is 0 Å². The average molecular weight is 380 g/mol. The summed E-state index contributed by atoms with van der Waals surface area (Å²) in [4.78, 5) is 23.3. The van der Waals surface area contributed by atoms with E-state index in [4.69, 9.17) is 10.7 Å². The van der Waals surface area contributed by atoms with Crippen LogP contribution in [0.5, 0.6) is 0 Å². The lowest BCUT2D eigenvalue weighted by Crippen LogP contribution is -2.44. The lowest BCUT2D eigenvalue weighted by Gasteiger charge is -2.29. The van der Waals surface area contributed by atoms with E-state index in [9.17, 15) is 4.79 Å². The minimum atomic E-state index is -0.443. The number of pyridine rings is 2. The van der Waals surface area contributed by atoms with Crippen molar-refractivity contribution in [1.82, 2.24) is 15.3 Å². The molecule has 1 aliphatic carbocycles. The van der Waals surface area contributed by atoms with E-state index in [2.05, 4.69) is 20.5 Å². The van der Waals surface area contributed by atoms with Crippen molar-refractivity contribution in [1.29, 1.82) is 0 Å². The van der Waals surface area contributed by atoms with Crippen LogP contribution in [0.15, 0.2) is 30.5 Å². The summed E-state index contributed by atoms with van der Waals surface area (Å²) >= 11 is 0. The zero-order valence-electron chi connectivity index (χ0n) is 16.2. The summed E-state index contributed by atoms with van der Waals surface area (Å²) in [6, 6.07) is 8.16. The van der Waals surface area contributed by atoms with Gasteiger partial charge in [0.15, 0.2) is 0 Å². The normalized spacial score (nSPS) is 18.1. The first kappa shape index (κ1) is 18.7. The Labute approximate surface area is 165 Å². The predicted molar refractivity (Wildman–Crippen MR) is 112 cm³/mol. The molecule has 0 spiro atoms. The van der Waals surface area contributed by atoms with Gasteiger partial charge < -0.3 is 21.3 Å². The first-order chi connectivity index (χ1) is 13.7. The van der Waals surface area contributed by atoms with Crippen molar-refractivity contribution in [3.8, 4) is 11.3 Å². The van der Waals surface area contributed by atoms with Gasteiger partial charge in [-0.15, -0.1) is 0 Å². The fourth-order valence-electron chi connectivity index (χ4n) is 4.04. The Morgan fingerprint density at radius 1 is 1.14 bits per heavy atom. The monoisotopic (exact) mass is 380 g/mol. The van der Waals surface area contributed by atoms with Crippen molar-refractivity contribution in [3.05, 3.63) is 36.0 Å². The Hall–Kier alpha value is -2.67. The second-order valence-corrected chi connectivity index (χ2v) is 7.58. The molecule has 28 heavy (non-hydrogen) atoms. The van der Waals surface area contributed by atoms with Crippen LogP contribution in [0.1, 0.15) is 42.5 Å². The lowest BCUT2D eigenvalue weighted by atomic mass is 9.95. The number of amides is 1. The average Bonchev–Trinajstić information content (AvgIpc) is 2.75. The third-order valence-corrected chi connectivity index (χ3v) is 5.57. The number of carbonyl (C=O) groups is 1. The summed E-state index contributed by atoms with van der Waals surface area (Å²) in [5, 5.41) is 6.89. The minimum absolute atomic E-state index is 0.443. The van der Waals surface area contributed by atoms with Gasteiger partial charge in [-0.3, -0.25) is 4.79 Å². The van der Waals surface area contributed by atoms with Crippen LogP contribution in [0.25, 0.3) is 11.3 Å². The molecule has 0 aromatic carbocycles. The molecular weight excluding hydrogens is 352 g/mol. The number of aromatic nitrogens is 2. The Kier molecular flexibility index (Phi) is 5.71. The van der Waals surface area contributed by atoms with Crippen molar-refractivity contribution >= 4 is 17.5 Å². The Bertz CT molecular complexity index is 827. The fourth-order valence-corrected chi connectivity index (χ4v) is 4.04. The molecule has 7 heteroatoms. The minimum Gasteiger partial charge on any atom is -0.367 e. The van der Waals surface area contributed by atoms with Gasteiger partial charge in [-0.25, -0.2) is 9.97 Å². The highest BCUT2D eigenvalue weighted by atomic mass is 16.1. The van der Waals surface area contributed by atoms with Crippen LogP contribution < -0.4 is 21.3 Å². The topological polar surface area (TPSA) is 96.2 Å². The molecule has 2 aliphatic rings. The van der Waals surface area contributed by atoms with E-state index in [-0.39, 0.29) is 0 Å². The van der Waals surface area contributed by atoms with Gasteiger partial charge in [0.2, 0.25) is 0 Å². The van der Waals surface area contributed by atoms with E-state index < -0.39 is 5.91 Å². The third kappa shape index (κ3) is 4.25. The molecule has 2 fully saturated rings. The van der Waals surface area contributed by atoms with Crippen LogP contribution in [0.3, 0.4) is 0 Å². The van der Waals surface area contributed by atoms with Gasteiger partial charge >= 0.3 is 0 Å². The van der Waals surface area contributed by atoms with Crippen LogP contribution in [0, 0.1) is 0 Å². The van der Waals surface area contributed by atoms with Gasteiger partial charge in [0.25, 0.3) is 5.91 Å². The van der Waals surface area contributed by atoms with E-state index in [0.717, 1.165) is 43.3 Å². The van der Waals surface area contributed by atoms with E-state index in [1.165, 1.54) is 32.1 Å². The molecule has 2 aromatic heterocycles. The summed E-state index contributed by atoms with van der Waals surface area (Å²) in [5.41, 5.74) is 7.88. The number of nitrogens with two attached hydrogens (primary N) is 1. The number of carbonyl (C=O) groups excluding carboxylic acids is 1. The van der Waals surface area contributed by atoms with Crippen LogP contribution in [0.4, 0.5) is 11.6 Å². The number of primary amides is 1. The van der Waals surface area contributed by atoms with Crippen LogP contribution in [-0.2, 0) is 0 Å². The van der Waals surface area contributed by atoms with Gasteiger partial charge in [-0.1, -0.05) is 19.3 Å². The lowest BCUT2D eigenvalue weighted by molar-refractivity contribution is 0.100. The number of anilines is 2. The van der Waals surface area contributed by atoms with Crippen molar-refractivity contribution in [2.24, 2.45) is 5.73 Å². The van der Waals surface area contributed by atoms with Gasteiger partial charge in [0, 0.05) is 44.0 Å². The number of piperazine rings is 1. The fraction of sp³-hybridized carbons (Fsp3) is 0.476. The summed E-state index contributed by atoms with van der Waals surface area (Å²) < 4.78 is 0. The van der Waals surface area contributed by atoms with Crippen molar-refractivity contribution < 1.29 is 4.79 Å². The summed E-state index contributed by atoms with van der Waals surface area (Å²) in [6.45, 7) is 3.35. The highest BCUT2D eigenvalue weighted by Crippen LogP contribution is 2.27. The van der Waals surface area contributed by atoms with E-state index >= 15 is 0 Å². The van der Waals surface area contributed by atoms with Crippen molar-refractivity contribution in [2.45, 2.75) is 38.1 Å². The van der Waals surface area contributed by atoms with Gasteiger partial charge in [0.05, 0.1) is 11.3 Å². The number of nitrogens with zero attached hydrogens (tertiary/aromatic N) is 3. The molecule has 1 aliphatic heterocycles.